The van der Waals surface area contributed by atoms with E-state index in [1.54, 1.807) is 6.07 Å². The fraction of sp³-hybridized carbons (Fsp3) is 0.562. The van der Waals surface area contributed by atoms with Crippen LogP contribution in [0.3, 0.4) is 0 Å². The van der Waals surface area contributed by atoms with E-state index in [0.29, 0.717) is 16.5 Å². The molecule has 1 fully saturated rings. The summed E-state index contributed by atoms with van der Waals surface area (Å²) in [5, 5.41) is 4.06. The standard InChI is InChI=1S/C16H23ClN2O/c1-3-19(11-13-5-4-8-18-10-13)16(20)14-7-6-12(2)15(17)9-14/h6-7,9,13,18H,3-5,8,10-11H2,1-2H3. The molecule has 1 aromatic rings. The van der Waals surface area contributed by atoms with Gasteiger partial charge in [-0.1, -0.05) is 17.7 Å². The van der Waals surface area contributed by atoms with Crippen LogP contribution in [-0.4, -0.2) is 37.0 Å². The first-order valence-corrected chi connectivity index (χ1v) is 7.75. The van der Waals surface area contributed by atoms with Gasteiger partial charge in [-0.2, -0.15) is 0 Å². The lowest BCUT2D eigenvalue weighted by molar-refractivity contribution is 0.0729. The van der Waals surface area contributed by atoms with E-state index in [0.717, 1.165) is 31.7 Å². The van der Waals surface area contributed by atoms with E-state index in [2.05, 4.69) is 5.32 Å². The zero-order valence-corrected chi connectivity index (χ0v) is 13.0. The Labute approximate surface area is 126 Å². The maximum Gasteiger partial charge on any atom is 0.253 e. The van der Waals surface area contributed by atoms with Gasteiger partial charge >= 0.3 is 0 Å². The number of piperidine rings is 1. The summed E-state index contributed by atoms with van der Waals surface area (Å²) in [6, 6.07) is 5.55. The number of halogens is 1. The van der Waals surface area contributed by atoms with Crippen molar-refractivity contribution in [3.63, 3.8) is 0 Å². The Morgan fingerprint density at radius 3 is 2.90 bits per heavy atom. The summed E-state index contributed by atoms with van der Waals surface area (Å²) in [5.74, 6) is 0.647. The Balaban J connectivity index is 2.05. The van der Waals surface area contributed by atoms with Gasteiger partial charge < -0.3 is 10.2 Å². The van der Waals surface area contributed by atoms with Crippen LogP contribution in [0.25, 0.3) is 0 Å². The molecule has 1 aromatic carbocycles. The highest BCUT2D eigenvalue weighted by atomic mass is 35.5. The average molecular weight is 295 g/mol. The average Bonchev–Trinajstić information content (AvgIpc) is 2.48. The normalized spacial score (nSPS) is 18.9. The molecule has 0 aliphatic carbocycles. The van der Waals surface area contributed by atoms with Crippen molar-refractivity contribution in [2.45, 2.75) is 26.7 Å². The van der Waals surface area contributed by atoms with Crippen LogP contribution in [0.5, 0.6) is 0 Å². The smallest absolute Gasteiger partial charge is 0.253 e. The molecule has 3 nitrogen and oxygen atoms in total. The number of carbonyl (C=O) groups is 1. The highest BCUT2D eigenvalue weighted by Crippen LogP contribution is 2.19. The quantitative estimate of drug-likeness (QED) is 0.925. The molecule has 1 unspecified atom stereocenters. The van der Waals surface area contributed by atoms with Gasteiger partial charge in [0.25, 0.3) is 5.91 Å². The highest BCUT2D eigenvalue weighted by Gasteiger charge is 2.20. The Bertz CT molecular complexity index is 470. The van der Waals surface area contributed by atoms with Crippen molar-refractivity contribution in [1.82, 2.24) is 10.2 Å². The third kappa shape index (κ3) is 3.74. The zero-order valence-electron chi connectivity index (χ0n) is 12.3. The predicted octanol–water partition coefficient (Wildman–Crippen LogP) is 3.11. The summed E-state index contributed by atoms with van der Waals surface area (Å²) in [6.07, 6.45) is 2.40. The van der Waals surface area contributed by atoms with Gasteiger partial charge in [0.2, 0.25) is 0 Å². The molecule has 2 rings (SSSR count). The molecule has 1 aliphatic heterocycles. The van der Waals surface area contributed by atoms with Crippen molar-refractivity contribution >= 4 is 17.5 Å². The lowest BCUT2D eigenvalue weighted by atomic mass is 9.98. The molecule has 1 N–H and O–H groups in total. The maximum absolute atomic E-state index is 12.6. The molecule has 0 spiro atoms. The number of nitrogens with zero attached hydrogens (tertiary/aromatic N) is 1. The molecular weight excluding hydrogens is 272 g/mol. The molecule has 1 amide bonds. The van der Waals surface area contributed by atoms with Gasteiger partial charge in [0, 0.05) is 23.7 Å². The third-order valence-electron chi connectivity index (χ3n) is 3.97. The largest absolute Gasteiger partial charge is 0.339 e. The van der Waals surface area contributed by atoms with Gasteiger partial charge in [-0.15, -0.1) is 0 Å². The molecule has 4 heteroatoms. The minimum atomic E-state index is 0.0833. The monoisotopic (exact) mass is 294 g/mol. The first kappa shape index (κ1) is 15.3. The molecule has 1 saturated heterocycles. The lowest BCUT2D eigenvalue weighted by Crippen LogP contribution is -2.41. The van der Waals surface area contributed by atoms with Crippen molar-refractivity contribution in [1.29, 1.82) is 0 Å². The first-order chi connectivity index (χ1) is 9.61. The van der Waals surface area contributed by atoms with Gasteiger partial charge in [0.15, 0.2) is 0 Å². The lowest BCUT2D eigenvalue weighted by Gasteiger charge is -2.29. The second-order valence-corrected chi connectivity index (χ2v) is 5.93. The van der Waals surface area contributed by atoms with Crippen LogP contribution in [0.1, 0.15) is 35.7 Å². The van der Waals surface area contributed by atoms with E-state index >= 15 is 0 Å². The van der Waals surface area contributed by atoms with Gasteiger partial charge in [0.05, 0.1) is 0 Å². The molecule has 0 radical (unpaired) electrons. The molecule has 1 aliphatic rings. The van der Waals surface area contributed by atoms with Crippen LogP contribution in [0, 0.1) is 12.8 Å². The van der Waals surface area contributed by atoms with Crippen LogP contribution in [-0.2, 0) is 0 Å². The van der Waals surface area contributed by atoms with E-state index in [1.807, 2.05) is 30.9 Å². The van der Waals surface area contributed by atoms with Gasteiger partial charge in [-0.25, -0.2) is 0 Å². The summed E-state index contributed by atoms with van der Waals surface area (Å²) >= 11 is 6.12. The van der Waals surface area contributed by atoms with E-state index in [1.165, 1.54) is 12.8 Å². The van der Waals surface area contributed by atoms with Gasteiger partial charge in [0.1, 0.15) is 0 Å². The number of benzene rings is 1. The van der Waals surface area contributed by atoms with E-state index in [4.69, 9.17) is 11.6 Å². The molecular formula is C16H23ClN2O. The summed E-state index contributed by atoms with van der Waals surface area (Å²) in [4.78, 5) is 14.5. The van der Waals surface area contributed by atoms with Crippen LogP contribution in [0.2, 0.25) is 5.02 Å². The highest BCUT2D eigenvalue weighted by molar-refractivity contribution is 6.31. The van der Waals surface area contributed by atoms with E-state index in [9.17, 15) is 4.79 Å². The van der Waals surface area contributed by atoms with Crippen molar-refractivity contribution in [2.75, 3.05) is 26.2 Å². The predicted molar refractivity (Wildman–Crippen MR) is 83.4 cm³/mol. The molecule has 20 heavy (non-hydrogen) atoms. The van der Waals surface area contributed by atoms with Gasteiger partial charge in [-0.05, 0) is 63.4 Å². The van der Waals surface area contributed by atoms with E-state index < -0.39 is 0 Å². The Hall–Kier alpha value is -1.06. The van der Waals surface area contributed by atoms with E-state index in [-0.39, 0.29) is 5.91 Å². The Kier molecular flexibility index (Phi) is 5.44. The van der Waals surface area contributed by atoms with Crippen molar-refractivity contribution in [3.05, 3.63) is 34.3 Å². The number of rotatable bonds is 4. The molecule has 1 heterocycles. The summed E-state index contributed by atoms with van der Waals surface area (Å²) in [6.45, 7) is 7.66. The Morgan fingerprint density at radius 1 is 1.50 bits per heavy atom. The fourth-order valence-corrected chi connectivity index (χ4v) is 2.84. The summed E-state index contributed by atoms with van der Waals surface area (Å²) < 4.78 is 0. The first-order valence-electron chi connectivity index (χ1n) is 7.38. The van der Waals surface area contributed by atoms with Crippen LogP contribution in [0.4, 0.5) is 0 Å². The second-order valence-electron chi connectivity index (χ2n) is 5.52. The number of aryl methyl sites for hydroxylation is 1. The third-order valence-corrected chi connectivity index (χ3v) is 4.37. The Morgan fingerprint density at radius 2 is 2.30 bits per heavy atom. The number of carbonyl (C=O) groups excluding carboxylic acids is 1. The molecule has 0 bridgehead atoms. The van der Waals surface area contributed by atoms with Crippen molar-refractivity contribution < 1.29 is 4.79 Å². The topological polar surface area (TPSA) is 32.3 Å². The van der Waals surface area contributed by atoms with Crippen molar-refractivity contribution in [2.24, 2.45) is 5.92 Å². The molecule has 0 saturated carbocycles. The molecule has 1 atom stereocenters. The number of amides is 1. The zero-order chi connectivity index (χ0) is 14.5. The van der Waals surface area contributed by atoms with Crippen LogP contribution < -0.4 is 5.32 Å². The molecule has 0 aromatic heterocycles. The van der Waals surface area contributed by atoms with Crippen molar-refractivity contribution in [3.8, 4) is 0 Å². The second kappa shape index (κ2) is 7.09. The molecule has 110 valence electrons. The fourth-order valence-electron chi connectivity index (χ4n) is 2.66. The van der Waals surface area contributed by atoms with Crippen LogP contribution in [0.15, 0.2) is 18.2 Å². The SMILES string of the molecule is CCN(CC1CCCNC1)C(=O)c1ccc(C)c(Cl)c1. The maximum atomic E-state index is 12.6. The number of hydrogen-bond donors (Lipinski definition) is 1. The number of hydrogen-bond acceptors (Lipinski definition) is 2. The van der Waals surface area contributed by atoms with Gasteiger partial charge in [-0.3, -0.25) is 4.79 Å². The summed E-state index contributed by atoms with van der Waals surface area (Å²) in [7, 11) is 0. The summed E-state index contributed by atoms with van der Waals surface area (Å²) in [5.41, 5.74) is 1.69. The minimum absolute atomic E-state index is 0.0833. The van der Waals surface area contributed by atoms with Crippen LogP contribution >= 0.6 is 11.6 Å². The minimum Gasteiger partial charge on any atom is -0.339 e. The number of nitrogens with one attached hydrogen (secondary N) is 1.